The van der Waals surface area contributed by atoms with Crippen LogP contribution in [0.4, 0.5) is 0 Å². The highest BCUT2D eigenvalue weighted by molar-refractivity contribution is 9.10. The van der Waals surface area contributed by atoms with Crippen LogP contribution in [0.2, 0.25) is 0 Å². The van der Waals surface area contributed by atoms with Crippen molar-refractivity contribution in [3.05, 3.63) is 28.7 Å². The average molecular weight is 446 g/mol. The van der Waals surface area contributed by atoms with E-state index in [2.05, 4.69) is 31.1 Å². The summed E-state index contributed by atoms with van der Waals surface area (Å²) in [6, 6.07) is 6.72. The Labute approximate surface area is 165 Å². The predicted octanol–water partition coefficient (Wildman–Crippen LogP) is 2.55. The van der Waals surface area contributed by atoms with E-state index in [1.807, 2.05) is 7.05 Å². The summed E-state index contributed by atoms with van der Waals surface area (Å²) < 4.78 is 31.0. The Balaban J connectivity index is 1.79. The molecule has 1 heterocycles. The van der Waals surface area contributed by atoms with Gasteiger partial charge in [-0.2, -0.15) is 0 Å². The molecular weight excluding hydrogens is 418 g/mol. The minimum atomic E-state index is -3.31. The first-order valence-corrected chi connectivity index (χ1v) is 11.3. The zero-order valence-corrected chi connectivity index (χ0v) is 17.9. The van der Waals surface area contributed by atoms with Gasteiger partial charge in [0.1, 0.15) is 0 Å². The quantitative estimate of drug-likeness (QED) is 0.515. The number of nitrogens with zero attached hydrogens (tertiary/aromatic N) is 2. The van der Waals surface area contributed by atoms with Gasteiger partial charge in [-0.05, 0) is 49.4 Å². The highest BCUT2D eigenvalue weighted by Gasteiger charge is 2.17. The van der Waals surface area contributed by atoms with Crippen molar-refractivity contribution in [2.24, 2.45) is 10.9 Å². The molecule has 0 atom stereocenters. The number of benzene rings is 1. The van der Waals surface area contributed by atoms with Gasteiger partial charge in [-0.15, -0.1) is 0 Å². The topological polar surface area (TPSA) is 71.0 Å². The molecule has 26 heavy (non-hydrogen) atoms. The fourth-order valence-electron chi connectivity index (χ4n) is 2.96. The van der Waals surface area contributed by atoms with Gasteiger partial charge in [0, 0.05) is 44.9 Å². The minimum absolute atomic E-state index is 0.0292. The second-order valence-corrected chi connectivity index (χ2v) is 9.54. The number of hydrogen-bond donors (Lipinski definition) is 1. The van der Waals surface area contributed by atoms with Crippen LogP contribution in [0.1, 0.15) is 19.3 Å². The Morgan fingerprint density at radius 2 is 1.96 bits per heavy atom. The molecule has 0 amide bonds. The summed E-state index contributed by atoms with van der Waals surface area (Å²) in [6.07, 6.45) is 3.33. The minimum Gasteiger partial charge on any atom is -0.381 e. The molecule has 1 aliphatic rings. The zero-order chi connectivity index (χ0) is 19.0. The van der Waals surface area contributed by atoms with E-state index in [-0.39, 0.29) is 5.75 Å². The van der Waals surface area contributed by atoms with Crippen LogP contribution in [0.5, 0.6) is 0 Å². The van der Waals surface area contributed by atoms with Crippen molar-refractivity contribution in [2.45, 2.75) is 24.2 Å². The molecule has 146 valence electrons. The lowest BCUT2D eigenvalue weighted by atomic mass is 9.96. The van der Waals surface area contributed by atoms with Crippen LogP contribution in [0, 0.1) is 5.92 Å². The fraction of sp³-hybridized carbons (Fsp3) is 0.611. The molecule has 0 aliphatic carbocycles. The summed E-state index contributed by atoms with van der Waals surface area (Å²) >= 11 is 3.32. The first-order valence-electron chi connectivity index (χ1n) is 8.90. The van der Waals surface area contributed by atoms with Crippen molar-refractivity contribution in [1.29, 1.82) is 0 Å². The fourth-order valence-corrected chi connectivity index (χ4v) is 4.38. The second kappa shape index (κ2) is 10.3. The maximum absolute atomic E-state index is 12.4. The molecule has 1 fully saturated rings. The van der Waals surface area contributed by atoms with E-state index in [4.69, 9.17) is 4.74 Å². The number of sulfone groups is 1. The Morgan fingerprint density at radius 1 is 1.31 bits per heavy atom. The van der Waals surface area contributed by atoms with Crippen LogP contribution in [-0.2, 0) is 14.6 Å². The first-order chi connectivity index (χ1) is 12.4. The molecule has 0 spiro atoms. The number of rotatable bonds is 7. The first kappa shape index (κ1) is 21.2. The number of guanidine groups is 1. The Bertz CT molecular complexity index is 686. The third-order valence-electron chi connectivity index (χ3n) is 4.61. The van der Waals surface area contributed by atoms with Gasteiger partial charge < -0.3 is 15.0 Å². The highest BCUT2D eigenvalue weighted by atomic mass is 79.9. The molecule has 0 bridgehead atoms. The van der Waals surface area contributed by atoms with Crippen LogP contribution < -0.4 is 5.32 Å². The van der Waals surface area contributed by atoms with Gasteiger partial charge in [0.05, 0.1) is 10.6 Å². The SMILES string of the molecule is CN=C(NCCS(=O)(=O)c1ccc(Br)cc1)N(C)CCC1CCOCC1. The Hall–Kier alpha value is -1.12. The molecule has 0 unspecified atom stereocenters. The predicted molar refractivity (Wildman–Crippen MR) is 108 cm³/mol. The lowest BCUT2D eigenvalue weighted by molar-refractivity contribution is 0.0625. The van der Waals surface area contributed by atoms with Gasteiger partial charge in [0.15, 0.2) is 15.8 Å². The lowest BCUT2D eigenvalue weighted by Crippen LogP contribution is -2.41. The maximum Gasteiger partial charge on any atom is 0.193 e. The van der Waals surface area contributed by atoms with E-state index in [1.54, 1.807) is 31.3 Å². The highest BCUT2D eigenvalue weighted by Crippen LogP contribution is 2.18. The van der Waals surface area contributed by atoms with E-state index >= 15 is 0 Å². The molecule has 0 aromatic heterocycles. The Morgan fingerprint density at radius 3 is 2.58 bits per heavy atom. The third kappa shape index (κ3) is 6.55. The Kier molecular flexibility index (Phi) is 8.37. The molecule has 2 rings (SSSR count). The van der Waals surface area contributed by atoms with Gasteiger partial charge in [0.2, 0.25) is 0 Å². The maximum atomic E-state index is 12.4. The largest absolute Gasteiger partial charge is 0.381 e. The van der Waals surface area contributed by atoms with Crippen LogP contribution in [0.3, 0.4) is 0 Å². The number of halogens is 1. The van der Waals surface area contributed by atoms with Crippen molar-refractivity contribution in [1.82, 2.24) is 10.2 Å². The summed E-state index contributed by atoms with van der Waals surface area (Å²) in [5, 5.41) is 3.16. The molecule has 1 aromatic carbocycles. The molecule has 1 saturated heterocycles. The van der Waals surface area contributed by atoms with Crippen LogP contribution in [0.15, 0.2) is 38.6 Å². The lowest BCUT2D eigenvalue weighted by Gasteiger charge is -2.26. The van der Waals surface area contributed by atoms with Crippen LogP contribution in [-0.4, -0.2) is 65.4 Å². The van der Waals surface area contributed by atoms with Crippen molar-refractivity contribution in [3.8, 4) is 0 Å². The molecule has 1 aliphatic heterocycles. The normalized spacial score (nSPS) is 16.5. The number of aliphatic imine (C=N–C) groups is 1. The van der Waals surface area contributed by atoms with Gasteiger partial charge in [0.25, 0.3) is 0 Å². The van der Waals surface area contributed by atoms with E-state index in [9.17, 15) is 8.42 Å². The molecule has 6 nitrogen and oxygen atoms in total. The summed E-state index contributed by atoms with van der Waals surface area (Å²) in [7, 11) is 0.396. The molecule has 0 saturated carbocycles. The summed E-state index contributed by atoms with van der Waals surface area (Å²) in [5.74, 6) is 1.45. The molecule has 1 N–H and O–H groups in total. The van der Waals surface area contributed by atoms with Crippen molar-refractivity contribution in [2.75, 3.05) is 46.2 Å². The molecular formula is C18H28BrN3O3S. The van der Waals surface area contributed by atoms with Crippen molar-refractivity contribution < 1.29 is 13.2 Å². The number of hydrogen-bond acceptors (Lipinski definition) is 4. The standard InChI is InChI=1S/C18H28BrN3O3S/c1-20-18(22(2)11-7-15-8-12-25-13-9-15)21-10-14-26(23,24)17-5-3-16(19)4-6-17/h3-6,15H,7-14H2,1-2H3,(H,20,21). The van der Waals surface area contributed by atoms with Crippen molar-refractivity contribution in [3.63, 3.8) is 0 Å². The van der Waals surface area contributed by atoms with E-state index < -0.39 is 9.84 Å². The van der Waals surface area contributed by atoms with E-state index in [1.165, 1.54) is 0 Å². The van der Waals surface area contributed by atoms with Gasteiger partial charge in [-0.25, -0.2) is 8.42 Å². The monoisotopic (exact) mass is 445 g/mol. The third-order valence-corrected chi connectivity index (χ3v) is 6.87. The van der Waals surface area contributed by atoms with Crippen LogP contribution in [0.25, 0.3) is 0 Å². The van der Waals surface area contributed by atoms with Crippen molar-refractivity contribution >= 4 is 31.7 Å². The van der Waals surface area contributed by atoms with E-state index in [0.717, 1.165) is 49.5 Å². The number of nitrogens with one attached hydrogen (secondary N) is 1. The number of ether oxygens (including phenoxy) is 1. The summed E-state index contributed by atoms with van der Waals surface area (Å²) in [6.45, 7) is 2.93. The van der Waals surface area contributed by atoms with E-state index in [0.29, 0.717) is 17.4 Å². The smallest absolute Gasteiger partial charge is 0.193 e. The summed E-state index contributed by atoms with van der Waals surface area (Å²) in [5.41, 5.74) is 0. The molecule has 8 heteroatoms. The molecule has 0 radical (unpaired) electrons. The zero-order valence-electron chi connectivity index (χ0n) is 15.4. The van der Waals surface area contributed by atoms with Gasteiger partial charge in [-0.1, -0.05) is 15.9 Å². The average Bonchev–Trinajstić information content (AvgIpc) is 2.64. The van der Waals surface area contributed by atoms with Crippen LogP contribution >= 0.6 is 15.9 Å². The van der Waals surface area contributed by atoms with Gasteiger partial charge in [-0.3, -0.25) is 4.99 Å². The molecule has 1 aromatic rings. The van der Waals surface area contributed by atoms with Gasteiger partial charge >= 0.3 is 0 Å². The summed E-state index contributed by atoms with van der Waals surface area (Å²) in [4.78, 5) is 6.66. The second-order valence-electron chi connectivity index (χ2n) is 6.51.